The zero-order valence-corrected chi connectivity index (χ0v) is 15.2. The van der Waals surface area contributed by atoms with Crippen molar-refractivity contribution in [2.24, 2.45) is 4.99 Å². The SMILES string of the molecule is CN=C(NCC(C)N(C)C1CC1)NC1CCN(c2ccccc2)C1. The van der Waals surface area contributed by atoms with Crippen LogP contribution in [0.5, 0.6) is 0 Å². The van der Waals surface area contributed by atoms with E-state index in [1.54, 1.807) is 0 Å². The predicted molar refractivity (Wildman–Crippen MR) is 102 cm³/mol. The quantitative estimate of drug-likeness (QED) is 0.618. The lowest BCUT2D eigenvalue weighted by Crippen LogP contribution is -2.48. The smallest absolute Gasteiger partial charge is 0.191 e. The van der Waals surface area contributed by atoms with E-state index in [1.165, 1.54) is 18.5 Å². The number of guanidine groups is 1. The number of hydrogen-bond acceptors (Lipinski definition) is 3. The molecule has 1 aliphatic carbocycles. The van der Waals surface area contributed by atoms with Gasteiger partial charge in [-0.3, -0.25) is 9.89 Å². The summed E-state index contributed by atoms with van der Waals surface area (Å²) in [4.78, 5) is 9.32. The first-order chi connectivity index (χ1) is 11.7. The Bertz CT molecular complexity index is 540. The molecule has 2 unspecified atom stereocenters. The van der Waals surface area contributed by atoms with Gasteiger partial charge < -0.3 is 15.5 Å². The van der Waals surface area contributed by atoms with Crippen LogP contribution in [0.4, 0.5) is 5.69 Å². The first-order valence-electron chi connectivity index (χ1n) is 9.16. The van der Waals surface area contributed by atoms with E-state index in [1.807, 2.05) is 7.05 Å². The molecular formula is C19H31N5. The lowest BCUT2D eigenvalue weighted by Gasteiger charge is -2.26. The highest BCUT2D eigenvalue weighted by molar-refractivity contribution is 5.80. The molecule has 5 heteroatoms. The van der Waals surface area contributed by atoms with Crippen molar-refractivity contribution >= 4 is 11.6 Å². The van der Waals surface area contributed by atoms with Crippen LogP contribution in [0, 0.1) is 0 Å². The molecule has 0 aromatic heterocycles. The maximum atomic E-state index is 4.40. The van der Waals surface area contributed by atoms with Crippen LogP contribution in [-0.4, -0.2) is 62.7 Å². The Hall–Kier alpha value is -1.75. The van der Waals surface area contributed by atoms with Gasteiger partial charge in [-0.15, -0.1) is 0 Å². The molecule has 1 aromatic rings. The van der Waals surface area contributed by atoms with Gasteiger partial charge in [-0.2, -0.15) is 0 Å². The fourth-order valence-electron chi connectivity index (χ4n) is 3.37. The largest absolute Gasteiger partial charge is 0.369 e. The Labute approximate surface area is 146 Å². The predicted octanol–water partition coefficient (Wildman–Crippen LogP) is 1.91. The first-order valence-corrected chi connectivity index (χ1v) is 9.16. The van der Waals surface area contributed by atoms with Gasteiger partial charge in [0.25, 0.3) is 0 Å². The molecule has 2 atom stereocenters. The monoisotopic (exact) mass is 329 g/mol. The molecular weight excluding hydrogens is 298 g/mol. The van der Waals surface area contributed by atoms with Crippen LogP contribution in [0.3, 0.4) is 0 Å². The van der Waals surface area contributed by atoms with Crippen LogP contribution in [0.25, 0.3) is 0 Å². The van der Waals surface area contributed by atoms with E-state index in [9.17, 15) is 0 Å². The Morgan fingerprint density at radius 3 is 2.71 bits per heavy atom. The van der Waals surface area contributed by atoms with Gasteiger partial charge in [0.05, 0.1) is 0 Å². The van der Waals surface area contributed by atoms with E-state index in [0.717, 1.165) is 38.1 Å². The van der Waals surface area contributed by atoms with Gasteiger partial charge in [-0.25, -0.2) is 0 Å². The molecule has 0 radical (unpaired) electrons. The molecule has 0 bridgehead atoms. The zero-order valence-electron chi connectivity index (χ0n) is 15.2. The minimum Gasteiger partial charge on any atom is -0.369 e. The van der Waals surface area contributed by atoms with Crippen molar-refractivity contribution < 1.29 is 0 Å². The summed E-state index contributed by atoms with van der Waals surface area (Å²) in [7, 11) is 4.09. The summed E-state index contributed by atoms with van der Waals surface area (Å²) >= 11 is 0. The van der Waals surface area contributed by atoms with Crippen LogP contribution in [0.2, 0.25) is 0 Å². The zero-order chi connectivity index (χ0) is 16.9. The Kier molecular flexibility index (Phi) is 5.61. The Morgan fingerprint density at radius 1 is 1.29 bits per heavy atom. The summed E-state index contributed by atoms with van der Waals surface area (Å²) in [5.41, 5.74) is 1.31. The van der Waals surface area contributed by atoms with Crippen LogP contribution < -0.4 is 15.5 Å². The summed E-state index contributed by atoms with van der Waals surface area (Å²) in [6, 6.07) is 12.4. The van der Waals surface area contributed by atoms with Gasteiger partial charge in [-0.05, 0) is 45.4 Å². The molecule has 2 fully saturated rings. The van der Waals surface area contributed by atoms with Gasteiger partial charge in [0.15, 0.2) is 5.96 Å². The summed E-state index contributed by atoms with van der Waals surface area (Å²) in [5.74, 6) is 0.922. The van der Waals surface area contributed by atoms with Crippen molar-refractivity contribution in [3.05, 3.63) is 30.3 Å². The second-order valence-electron chi connectivity index (χ2n) is 7.11. The first kappa shape index (κ1) is 17.1. The molecule has 24 heavy (non-hydrogen) atoms. The van der Waals surface area contributed by atoms with E-state index in [4.69, 9.17) is 0 Å². The molecule has 2 aliphatic rings. The van der Waals surface area contributed by atoms with Gasteiger partial charge in [-0.1, -0.05) is 18.2 Å². The van der Waals surface area contributed by atoms with Crippen molar-refractivity contribution in [2.45, 2.75) is 44.3 Å². The highest BCUT2D eigenvalue weighted by Gasteiger charge is 2.29. The number of benzene rings is 1. The summed E-state index contributed by atoms with van der Waals surface area (Å²) in [5, 5.41) is 7.08. The van der Waals surface area contributed by atoms with Crippen molar-refractivity contribution in [1.29, 1.82) is 0 Å². The highest BCUT2D eigenvalue weighted by Crippen LogP contribution is 2.26. The maximum absolute atomic E-state index is 4.40. The number of likely N-dealkylation sites (N-methyl/N-ethyl adjacent to an activating group) is 1. The number of hydrogen-bond donors (Lipinski definition) is 2. The van der Waals surface area contributed by atoms with Crippen molar-refractivity contribution in [2.75, 3.05) is 38.6 Å². The topological polar surface area (TPSA) is 42.9 Å². The molecule has 132 valence electrons. The Morgan fingerprint density at radius 2 is 2.04 bits per heavy atom. The van der Waals surface area contributed by atoms with E-state index in [2.05, 4.69) is 69.7 Å². The minimum atomic E-state index is 0.452. The standard InChI is InChI=1S/C19H31N5/c1-15(23(3)17-9-10-17)13-21-19(20-2)22-16-11-12-24(14-16)18-7-5-4-6-8-18/h4-8,15-17H,9-14H2,1-3H3,(H2,20,21,22). The summed E-state index contributed by atoms with van der Waals surface area (Å²) < 4.78 is 0. The average molecular weight is 329 g/mol. The third kappa shape index (κ3) is 4.41. The minimum absolute atomic E-state index is 0.452. The number of anilines is 1. The van der Waals surface area contributed by atoms with Gasteiger partial charge in [0, 0.05) is 50.5 Å². The molecule has 1 heterocycles. The number of nitrogens with one attached hydrogen (secondary N) is 2. The van der Waals surface area contributed by atoms with Crippen LogP contribution in [0.15, 0.2) is 35.3 Å². The summed E-state index contributed by atoms with van der Waals surface area (Å²) in [6.07, 6.45) is 3.85. The van der Waals surface area contributed by atoms with Crippen LogP contribution in [0.1, 0.15) is 26.2 Å². The molecule has 1 saturated carbocycles. The number of aliphatic imine (C=N–C) groups is 1. The number of para-hydroxylation sites is 1. The molecule has 5 nitrogen and oxygen atoms in total. The second-order valence-corrected chi connectivity index (χ2v) is 7.11. The normalized spacial score (nSPS) is 22.8. The molecule has 0 amide bonds. The Balaban J connectivity index is 1.44. The van der Waals surface area contributed by atoms with Crippen LogP contribution >= 0.6 is 0 Å². The van der Waals surface area contributed by atoms with Gasteiger partial charge >= 0.3 is 0 Å². The number of nitrogens with zero attached hydrogens (tertiary/aromatic N) is 3. The highest BCUT2D eigenvalue weighted by atomic mass is 15.3. The number of rotatable bonds is 6. The molecule has 2 N–H and O–H groups in total. The fraction of sp³-hybridized carbons (Fsp3) is 0.632. The van der Waals surface area contributed by atoms with Crippen LogP contribution in [-0.2, 0) is 0 Å². The van der Waals surface area contributed by atoms with Crippen molar-refractivity contribution in [1.82, 2.24) is 15.5 Å². The summed E-state index contributed by atoms with van der Waals surface area (Å²) in [6.45, 7) is 5.34. The third-order valence-corrected chi connectivity index (χ3v) is 5.26. The van der Waals surface area contributed by atoms with E-state index >= 15 is 0 Å². The lowest BCUT2D eigenvalue weighted by molar-refractivity contribution is 0.247. The van der Waals surface area contributed by atoms with E-state index in [-0.39, 0.29) is 0 Å². The lowest BCUT2D eigenvalue weighted by atomic mass is 10.2. The molecule has 3 rings (SSSR count). The van der Waals surface area contributed by atoms with E-state index < -0.39 is 0 Å². The van der Waals surface area contributed by atoms with E-state index in [0.29, 0.717) is 12.1 Å². The third-order valence-electron chi connectivity index (χ3n) is 5.26. The molecule has 1 saturated heterocycles. The van der Waals surface area contributed by atoms with Crippen molar-refractivity contribution in [3.8, 4) is 0 Å². The maximum Gasteiger partial charge on any atom is 0.191 e. The van der Waals surface area contributed by atoms with Gasteiger partial charge in [0.1, 0.15) is 0 Å². The second kappa shape index (κ2) is 7.88. The molecule has 1 aliphatic heterocycles. The average Bonchev–Trinajstić information content (AvgIpc) is 3.37. The molecule has 1 aromatic carbocycles. The molecule has 0 spiro atoms. The van der Waals surface area contributed by atoms with Gasteiger partial charge in [0.2, 0.25) is 0 Å². The van der Waals surface area contributed by atoms with Crippen molar-refractivity contribution in [3.63, 3.8) is 0 Å². The fourth-order valence-corrected chi connectivity index (χ4v) is 3.37.